The van der Waals surface area contributed by atoms with Gasteiger partial charge in [-0.25, -0.2) is 0 Å². The average molecular weight is 319 g/mol. The van der Waals surface area contributed by atoms with Crippen LogP contribution in [0.5, 0.6) is 0 Å². The van der Waals surface area contributed by atoms with Crippen LogP contribution in [0.15, 0.2) is 57.8 Å². The van der Waals surface area contributed by atoms with Gasteiger partial charge in [-0.2, -0.15) is 5.10 Å². The second-order valence-corrected chi connectivity index (χ2v) is 5.54. The van der Waals surface area contributed by atoms with Gasteiger partial charge in [0.15, 0.2) is 17.4 Å². The summed E-state index contributed by atoms with van der Waals surface area (Å²) in [4.78, 5) is 0. The van der Waals surface area contributed by atoms with Crippen molar-refractivity contribution in [2.75, 3.05) is 5.43 Å². The maximum atomic E-state index is 5.70. The van der Waals surface area contributed by atoms with E-state index >= 15 is 0 Å². The van der Waals surface area contributed by atoms with E-state index in [2.05, 4.69) is 68.6 Å². The monoisotopic (exact) mass is 319 g/mol. The Morgan fingerprint density at radius 2 is 1.71 bits per heavy atom. The summed E-state index contributed by atoms with van der Waals surface area (Å²) in [6.07, 6.45) is 0. The molecule has 1 aliphatic heterocycles. The molecule has 1 aliphatic rings. The molecule has 0 aliphatic carbocycles. The van der Waals surface area contributed by atoms with Crippen molar-refractivity contribution in [2.45, 2.75) is 13.5 Å². The molecule has 24 heavy (non-hydrogen) atoms. The standard InChI is InChI=1S/C17H17N7/c1-2-24-13-6-4-3-5-11(13)12-9-10(7-8-14(12)24)20-21-15-16(18)22-23-17(15)19/h3-9,20H,2H2,1H3,(H4,18,19,21,22,23). The van der Waals surface area contributed by atoms with Gasteiger partial charge in [-0.15, -0.1) is 10.2 Å². The largest absolute Gasteiger partial charge is 0.380 e. The van der Waals surface area contributed by atoms with Gasteiger partial charge < -0.3 is 16.0 Å². The lowest BCUT2D eigenvalue weighted by molar-refractivity contribution is 0.827. The number of amidine groups is 2. The van der Waals surface area contributed by atoms with Crippen LogP contribution in [0.4, 0.5) is 5.69 Å². The van der Waals surface area contributed by atoms with Gasteiger partial charge in [0.2, 0.25) is 0 Å². The molecular weight excluding hydrogens is 302 g/mol. The van der Waals surface area contributed by atoms with Gasteiger partial charge >= 0.3 is 0 Å². The number of para-hydroxylation sites is 1. The van der Waals surface area contributed by atoms with Crippen molar-refractivity contribution in [1.82, 2.24) is 4.57 Å². The second kappa shape index (κ2) is 5.38. The molecule has 0 saturated heterocycles. The number of anilines is 1. The summed E-state index contributed by atoms with van der Waals surface area (Å²) in [5.74, 6) is 0.423. The minimum atomic E-state index is 0.212. The topological polar surface area (TPSA) is 106 Å². The summed E-state index contributed by atoms with van der Waals surface area (Å²) in [5, 5.41) is 14.0. The zero-order valence-corrected chi connectivity index (χ0v) is 13.2. The van der Waals surface area contributed by atoms with Crippen molar-refractivity contribution in [3.8, 4) is 0 Å². The zero-order chi connectivity index (χ0) is 16.7. The van der Waals surface area contributed by atoms with E-state index in [1.54, 1.807) is 0 Å². The first-order valence-corrected chi connectivity index (χ1v) is 7.71. The zero-order valence-electron chi connectivity index (χ0n) is 13.2. The molecule has 120 valence electrons. The van der Waals surface area contributed by atoms with Crippen molar-refractivity contribution >= 4 is 44.9 Å². The molecule has 5 N–H and O–H groups in total. The SMILES string of the molecule is CCn1c2ccccc2c2cc(NN=C3C(N)=NN=C3N)ccc21. The molecule has 0 bridgehead atoms. The number of aryl methyl sites for hydroxylation is 1. The fourth-order valence-corrected chi connectivity index (χ4v) is 3.03. The molecular formula is C17H17N7. The van der Waals surface area contributed by atoms with Crippen LogP contribution < -0.4 is 16.9 Å². The first-order chi connectivity index (χ1) is 11.7. The number of hydrogen-bond acceptors (Lipinski definition) is 6. The summed E-state index contributed by atoms with van der Waals surface area (Å²) < 4.78 is 2.30. The number of nitrogens with two attached hydrogens (primary N) is 2. The molecule has 3 aromatic rings. The van der Waals surface area contributed by atoms with Gasteiger partial charge in [0.1, 0.15) is 0 Å². The summed E-state index contributed by atoms with van der Waals surface area (Å²) in [7, 11) is 0. The maximum Gasteiger partial charge on any atom is 0.177 e. The Labute approximate surface area is 138 Å². The number of aromatic nitrogens is 1. The Kier molecular flexibility index (Phi) is 3.19. The first kappa shape index (κ1) is 14.3. The van der Waals surface area contributed by atoms with Crippen LogP contribution in [0, 0.1) is 0 Å². The van der Waals surface area contributed by atoms with Crippen LogP contribution in [-0.4, -0.2) is 22.0 Å². The van der Waals surface area contributed by atoms with E-state index in [4.69, 9.17) is 11.5 Å². The Hall–Kier alpha value is -3.35. The van der Waals surface area contributed by atoms with Crippen molar-refractivity contribution in [3.63, 3.8) is 0 Å². The first-order valence-electron chi connectivity index (χ1n) is 7.71. The van der Waals surface area contributed by atoms with Crippen molar-refractivity contribution < 1.29 is 0 Å². The van der Waals surface area contributed by atoms with E-state index in [9.17, 15) is 0 Å². The van der Waals surface area contributed by atoms with Gasteiger partial charge in [-0.1, -0.05) is 18.2 Å². The lowest BCUT2D eigenvalue weighted by Gasteiger charge is -2.05. The molecule has 7 nitrogen and oxygen atoms in total. The van der Waals surface area contributed by atoms with Crippen LogP contribution in [0.25, 0.3) is 21.8 Å². The fourth-order valence-electron chi connectivity index (χ4n) is 3.03. The van der Waals surface area contributed by atoms with Gasteiger partial charge in [0, 0.05) is 28.4 Å². The number of nitrogens with one attached hydrogen (secondary N) is 1. The van der Waals surface area contributed by atoms with E-state index in [1.165, 1.54) is 21.8 Å². The Morgan fingerprint density at radius 3 is 2.46 bits per heavy atom. The summed E-state index contributed by atoms with van der Waals surface area (Å²) in [6.45, 7) is 3.06. The third kappa shape index (κ3) is 2.10. The van der Waals surface area contributed by atoms with E-state index in [1.807, 2.05) is 6.07 Å². The molecule has 7 heteroatoms. The molecule has 0 radical (unpaired) electrons. The van der Waals surface area contributed by atoms with Crippen LogP contribution >= 0.6 is 0 Å². The van der Waals surface area contributed by atoms with E-state index in [-0.39, 0.29) is 11.7 Å². The number of rotatable bonds is 3. The number of benzene rings is 2. The molecule has 0 atom stereocenters. The highest BCUT2D eigenvalue weighted by atomic mass is 15.4. The van der Waals surface area contributed by atoms with Crippen molar-refractivity contribution in [3.05, 3.63) is 42.5 Å². The van der Waals surface area contributed by atoms with Gasteiger partial charge in [-0.05, 0) is 31.2 Å². The Bertz CT molecular complexity index is 1020. The molecule has 2 heterocycles. The minimum Gasteiger partial charge on any atom is -0.380 e. The predicted molar refractivity (Wildman–Crippen MR) is 99.4 cm³/mol. The van der Waals surface area contributed by atoms with Crippen molar-refractivity contribution in [2.24, 2.45) is 26.8 Å². The van der Waals surface area contributed by atoms with E-state index < -0.39 is 0 Å². The Morgan fingerprint density at radius 1 is 1.00 bits per heavy atom. The van der Waals surface area contributed by atoms with Gasteiger partial charge in [0.25, 0.3) is 0 Å². The smallest absolute Gasteiger partial charge is 0.177 e. The normalized spacial score (nSPS) is 14.1. The molecule has 4 rings (SSSR count). The highest BCUT2D eigenvalue weighted by Gasteiger charge is 2.16. The lowest BCUT2D eigenvalue weighted by atomic mass is 10.1. The Balaban J connectivity index is 1.79. The van der Waals surface area contributed by atoms with Crippen molar-refractivity contribution in [1.29, 1.82) is 0 Å². The number of fused-ring (bicyclic) bond motifs is 3. The molecule has 0 unspecified atom stereocenters. The molecule has 2 aromatic carbocycles. The van der Waals surface area contributed by atoms with Gasteiger partial charge in [-0.3, -0.25) is 5.43 Å². The minimum absolute atomic E-state index is 0.212. The molecule has 0 fully saturated rings. The quantitative estimate of drug-likeness (QED) is 0.644. The second-order valence-electron chi connectivity index (χ2n) is 5.54. The summed E-state index contributed by atoms with van der Waals surface area (Å²) >= 11 is 0. The number of hydrogen-bond donors (Lipinski definition) is 3. The van der Waals surface area contributed by atoms with Gasteiger partial charge in [0.05, 0.1) is 5.69 Å². The fraction of sp³-hybridized carbons (Fsp3) is 0.118. The molecule has 0 amide bonds. The third-order valence-electron chi connectivity index (χ3n) is 4.14. The van der Waals surface area contributed by atoms with E-state index in [0.29, 0.717) is 5.71 Å². The number of hydrazone groups is 1. The average Bonchev–Trinajstić information content (AvgIpc) is 3.10. The third-order valence-corrected chi connectivity index (χ3v) is 4.14. The van der Waals surface area contributed by atoms with Crippen LogP contribution in [0.1, 0.15) is 6.92 Å². The molecule has 0 saturated carbocycles. The van der Waals surface area contributed by atoms with Crippen LogP contribution in [0.2, 0.25) is 0 Å². The molecule has 1 aromatic heterocycles. The number of nitrogens with zero attached hydrogens (tertiary/aromatic N) is 4. The predicted octanol–water partition coefficient (Wildman–Crippen LogP) is 2.23. The van der Waals surface area contributed by atoms with Crippen LogP contribution in [-0.2, 0) is 6.54 Å². The van der Waals surface area contributed by atoms with Crippen LogP contribution in [0.3, 0.4) is 0 Å². The molecule has 0 spiro atoms. The lowest BCUT2D eigenvalue weighted by Crippen LogP contribution is -2.32. The maximum absolute atomic E-state index is 5.70. The highest BCUT2D eigenvalue weighted by Crippen LogP contribution is 2.30. The highest BCUT2D eigenvalue weighted by molar-refractivity contribution is 6.68. The summed E-state index contributed by atoms with van der Waals surface area (Å²) in [6, 6.07) is 14.5. The summed E-state index contributed by atoms with van der Waals surface area (Å²) in [5.41, 5.74) is 18.0. The van der Waals surface area contributed by atoms with E-state index in [0.717, 1.165) is 12.2 Å².